The lowest BCUT2D eigenvalue weighted by Crippen LogP contribution is -2.29. The fraction of sp³-hybridized carbons (Fsp3) is 0.333. The summed E-state index contributed by atoms with van der Waals surface area (Å²) in [5.74, 6) is -0.0894. The number of nitrogens with one attached hydrogen (secondary N) is 1. The highest BCUT2D eigenvalue weighted by atomic mass is 16.1. The average Bonchev–Trinajstić information content (AvgIpc) is 2.67. The van der Waals surface area contributed by atoms with Crippen molar-refractivity contribution in [1.82, 2.24) is 0 Å². The summed E-state index contributed by atoms with van der Waals surface area (Å²) in [4.78, 5) is 12.8. The van der Waals surface area contributed by atoms with Crippen LogP contribution in [-0.2, 0) is 11.2 Å². The molecule has 0 amide bonds. The van der Waals surface area contributed by atoms with Gasteiger partial charge in [-0.2, -0.15) is 0 Å². The second kappa shape index (κ2) is 9.86. The van der Waals surface area contributed by atoms with Gasteiger partial charge in [-0.05, 0) is 56.2 Å². The van der Waals surface area contributed by atoms with Crippen LogP contribution in [0.25, 0.3) is 0 Å². The third-order valence-electron chi connectivity index (χ3n) is 5.05. The predicted octanol–water partition coefficient (Wildman–Crippen LogP) is 5.46. The first-order valence-corrected chi connectivity index (χ1v) is 9.59. The number of carbonyl (C=O) groups excluding carboxylic acids is 1. The number of rotatable bonds is 8. The normalized spacial score (nSPS) is 18.0. The number of carbonyl (C=O) groups is 1. The van der Waals surface area contributed by atoms with Crippen molar-refractivity contribution in [2.45, 2.75) is 46.0 Å². The van der Waals surface area contributed by atoms with Crippen LogP contribution in [0.1, 0.15) is 45.2 Å². The molecule has 3 heteroatoms. The van der Waals surface area contributed by atoms with Crippen LogP contribution >= 0.6 is 0 Å². The molecule has 1 aliphatic rings. The van der Waals surface area contributed by atoms with Crippen LogP contribution in [0, 0.1) is 18.3 Å². The van der Waals surface area contributed by atoms with Crippen molar-refractivity contribution in [3.05, 3.63) is 83.1 Å². The van der Waals surface area contributed by atoms with Gasteiger partial charge in [0.25, 0.3) is 0 Å². The predicted molar refractivity (Wildman–Crippen MR) is 116 cm³/mol. The molecule has 27 heavy (non-hydrogen) atoms. The van der Waals surface area contributed by atoms with Crippen LogP contribution in [0.15, 0.2) is 72.0 Å². The van der Waals surface area contributed by atoms with E-state index in [4.69, 9.17) is 11.1 Å². The molecule has 3 nitrogen and oxygen atoms in total. The van der Waals surface area contributed by atoms with Crippen LogP contribution in [0.2, 0.25) is 0 Å². The van der Waals surface area contributed by atoms with Crippen molar-refractivity contribution in [2.24, 2.45) is 11.7 Å². The third-order valence-corrected chi connectivity index (χ3v) is 5.05. The Balaban J connectivity index is 0.00000392. The SMILES string of the molecule is C=C/C=C(\C=C/C)C(=N)C1=C(N)C(C(=O)CCc2ccc(C)cc2)CCC1.[HH]. The van der Waals surface area contributed by atoms with Crippen LogP contribution < -0.4 is 5.73 Å². The molecule has 1 aliphatic carbocycles. The van der Waals surface area contributed by atoms with Gasteiger partial charge in [-0.25, -0.2) is 0 Å². The van der Waals surface area contributed by atoms with Gasteiger partial charge in [0.1, 0.15) is 5.78 Å². The molecule has 0 saturated carbocycles. The van der Waals surface area contributed by atoms with Crippen molar-refractivity contribution >= 4 is 11.5 Å². The Morgan fingerprint density at radius 1 is 1.37 bits per heavy atom. The van der Waals surface area contributed by atoms with E-state index >= 15 is 0 Å². The summed E-state index contributed by atoms with van der Waals surface area (Å²) in [7, 11) is 0. The van der Waals surface area contributed by atoms with Crippen LogP contribution in [0.3, 0.4) is 0 Å². The van der Waals surface area contributed by atoms with Gasteiger partial charge in [0, 0.05) is 13.5 Å². The highest BCUT2D eigenvalue weighted by Gasteiger charge is 2.28. The zero-order chi connectivity index (χ0) is 19.8. The smallest absolute Gasteiger partial charge is 0.142 e. The third kappa shape index (κ3) is 5.40. The maximum atomic E-state index is 12.8. The standard InChI is InChI=1S/C24H30N2O.H2/c1-4-7-19(8-5-2)23(25)21-10-6-9-20(24(21)26)22(27)16-15-18-13-11-17(3)12-14-18;/h4-5,7-8,11-14,20,25H,1,6,9-10,15-16,26H2,2-3H3;1H/b8-5-,19-7+,25-23?;. The highest BCUT2D eigenvalue weighted by Crippen LogP contribution is 2.31. The Morgan fingerprint density at radius 2 is 2.07 bits per heavy atom. The molecule has 1 aromatic carbocycles. The van der Waals surface area contributed by atoms with E-state index < -0.39 is 0 Å². The summed E-state index contributed by atoms with van der Waals surface area (Å²) in [6.07, 6.45) is 10.9. The van der Waals surface area contributed by atoms with E-state index in [1.807, 2.05) is 25.2 Å². The number of hydrogen-bond donors (Lipinski definition) is 2. The molecular weight excluding hydrogens is 332 g/mol. The Labute approximate surface area is 164 Å². The number of allylic oxidation sites excluding steroid dienone is 7. The molecule has 0 spiro atoms. The van der Waals surface area contributed by atoms with E-state index in [2.05, 4.69) is 37.8 Å². The van der Waals surface area contributed by atoms with E-state index in [1.54, 1.807) is 6.08 Å². The van der Waals surface area contributed by atoms with Crippen LogP contribution in [-0.4, -0.2) is 11.5 Å². The fourth-order valence-electron chi connectivity index (χ4n) is 3.50. The van der Waals surface area contributed by atoms with Crippen LogP contribution in [0.5, 0.6) is 0 Å². The first-order chi connectivity index (χ1) is 13.0. The molecule has 0 bridgehead atoms. The number of ketones is 1. The van der Waals surface area contributed by atoms with Gasteiger partial charge in [-0.1, -0.05) is 60.7 Å². The average molecular weight is 365 g/mol. The molecule has 3 N–H and O–H groups in total. The fourth-order valence-corrected chi connectivity index (χ4v) is 3.50. The molecule has 1 atom stereocenters. The van der Waals surface area contributed by atoms with E-state index in [0.29, 0.717) is 17.8 Å². The maximum absolute atomic E-state index is 12.8. The Hall–Kier alpha value is -2.68. The molecule has 0 saturated heterocycles. The number of nitrogens with two attached hydrogens (primary N) is 1. The molecule has 0 heterocycles. The van der Waals surface area contributed by atoms with Gasteiger partial charge < -0.3 is 5.73 Å². The van der Waals surface area contributed by atoms with Gasteiger partial charge in [-0.3, -0.25) is 10.2 Å². The molecule has 0 aromatic heterocycles. The lowest BCUT2D eigenvalue weighted by molar-refractivity contribution is -0.122. The number of aryl methyl sites for hydroxylation is 2. The summed E-state index contributed by atoms with van der Waals surface area (Å²) in [5.41, 5.74) is 11.3. The maximum Gasteiger partial charge on any atom is 0.142 e. The van der Waals surface area contributed by atoms with Crippen molar-refractivity contribution in [1.29, 1.82) is 5.41 Å². The summed E-state index contributed by atoms with van der Waals surface area (Å²) in [6.45, 7) is 7.70. The molecule has 2 rings (SSSR count). The van der Waals surface area contributed by atoms with E-state index in [1.165, 1.54) is 11.1 Å². The van der Waals surface area contributed by atoms with Gasteiger partial charge >= 0.3 is 0 Å². The molecule has 144 valence electrons. The van der Waals surface area contributed by atoms with Crippen molar-refractivity contribution in [3.63, 3.8) is 0 Å². The quantitative estimate of drug-likeness (QED) is 0.475. The minimum atomic E-state index is -0.268. The second-order valence-electron chi connectivity index (χ2n) is 7.06. The number of hydrogen-bond acceptors (Lipinski definition) is 3. The van der Waals surface area contributed by atoms with Gasteiger partial charge in [0.05, 0.1) is 11.6 Å². The molecule has 0 aliphatic heterocycles. The first kappa shape index (κ1) is 20.6. The Kier molecular flexibility index (Phi) is 7.54. The van der Waals surface area contributed by atoms with E-state index in [0.717, 1.165) is 36.8 Å². The summed E-state index contributed by atoms with van der Waals surface area (Å²) < 4.78 is 0. The molecule has 0 fully saturated rings. The molecule has 1 unspecified atom stereocenters. The Bertz CT molecular complexity index is 800. The monoisotopic (exact) mass is 364 g/mol. The Morgan fingerprint density at radius 3 is 2.70 bits per heavy atom. The molecular formula is C24H32N2O. The summed E-state index contributed by atoms with van der Waals surface area (Å²) in [5, 5.41) is 8.55. The second-order valence-corrected chi connectivity index (χ2v) is 7.06. The first-order valence-electron chi connectivity index (χ1n) is 9.59. The van der Waals surface area contributed by atoms with E-state index in [-0.39, 0.29) is 13.1 Å². The van der Waals surface area contributed by atoms with Crippen molar-refractivity contribution < 1.29 is 6.22 Å². The molecule has 1 aromatic rings. The van der Waals surface area contributed by atoms with Gasteiger partial charge in [0.15, 0.2) is 0 Å². The van der Waals surface area contributed by atoms with Gasteiger partial charge in [-0.15, -0.1) is 0 Å². The highest BCUT2D eigenvalue weighted by molar-refractivity contribution is 6.13. The zero-order valence-electron chi connectivity index (χ0n) is 16.4. The summed E-state index contributed by atoms with van der Waals surface area (Å²) >= 11 is 0. The van der Waals surface area contributed by atoms with Crippen molar-refractivity contribution in [3.8, 4) is 0 Å². The largest absolute Gasteiger partial charge is 0.401 e. The lowest BCUT2D eigenvalue weighted by Gasteiger charge is -2.26. The van der Waals surface area contributed by atoms with Crippen molar-refractivity contribution in [2.75, 3.05) is 0 Å². The van der Waals surface area contributed by atoms with Crippen LogP contribution in [0.4, 0.5) is 0 Å². The molecule has 0 radical (unpaired) electrons. The van der Waals surface area contributed by atoms with Gasteiger partial charge in [0.2, 0.25) is 0 Å². The number of benzene rings is 1. The lowest BCUT2D eigenvalue weighted by atomic mass is 9.80. The summed E-state index contributed by atoms with van der Waals surface area (Å²) in [6, 6.07) is 8.30. The topological polar surface area (TPSA) is 66.9 Å². The minimum absolute atomic E-state index is 0. The minimum Gasteiger partial charge on any atom is -0.401 e. The van der Waals surface area contributed by atoms with E-state index in [9.17, 15) is 4.79 Å². The number of Topliss-reactive ketones (excluding diaryl/α,β-unsaturated/α-hetero) is 1. The zero-order valence-corrected chi connectivity index (χ0v) is 16.4.